The Hall–Kier alpha value is -3.33. The van der Waals surface area contributed by atoms with Gasteiger partial charge in [-0.1, -0.05) is 246 Å². The largest absolute Gasteiger partial charge is 0.472 e. The van der Waals surface area contributed by atoms with Gasteiger partial charge < -0.3 is 19.4 Å². The first-order valence-corrected chi connectivity index (χ1v) is 33.7. The molecule has 0 rings (SSSR count). The summed E-state index contributed by atoms with van der Waals surface area (Å²) >= 11 is 0. The van der Waals surface area contributed by atoms with Crippen molar-refractivity contribution < 1.29 is 37.3 Å². The van der Waals surface area contributed by atoms with Gasteiger partial charge in [-0.3, -0.25) is 18.6 Å². The van der Waals surface area contributed by atoms with E-state index in [-0.39, 0.29) is 31.5 Å². The molecule has 0 saturated carbocycles. The molecule has 0 heterocycles. The molecule has 2 N–H and O–H groups in total. The van der Waals surface area contributed by atoms with E-state index in [2.05, 4.69) is 123 Å². The molecule has 0 aromatic heterocycles. The number of unbranched alkanes of at least 4 members (excludes halogenated alkanes) is 25. The van der Waals surface area contributed by atoms with Crippen LogP contribution in [-0.2, 0) is 27.9 Å². The minimum atomic E-state index is -4.46. The van der Waals surface area contributed by atoms with Crippen LogP contribution in [0.4, 0.5) is 0 Å². The fourth-order valence-corrected chi connectivity index (χ4v) is 9.47. The molecule has 3 unspecified atom stereocenters. The predicted molar refractivity (Wildman–Crippen MR) is 341 cm³/mol. The second-order valence-electron chi connectivity index (χ2n) is 22.5. The first-order valence-electron chi connectivity index (χ1n) is 32.2. The van der Waals surface area contributed by atoms with E-state index < -0.39 is 20.0 Å². The Morgan fingerprint density at radius 1 is 0.456 bits per heavy atom. The zero-order valence-electron chi connectivity index (χ0n) is 51.8. The Bertz CT molecular complexity index is 1720. The van der Waals surface area contributed by atoms with Gasteiger partial charge in [0.2, 0.25) is 5.91 Å². The van der Waals surface area contributed by atoms with E-state index in [4.69, 9.17) is 13.8 Å². The van der Waals surface area contributed by atoms with Crippen molar-refractivity contribution in [2.24, 2.45) is 0 Å². The average Bonchev–Trinajstić information content (AvgIpc) is 3.41. The number of phosphoric acid groups is 1. The van der Waals surface area contributed by atoms with Gasteiger partial charge >= 0.3 is 13.8 Å². The van der Waals surface area contributed by atoms with Crippen LogP contribution in [0.5, 0.6) is 0 Å². The smallest absolute Gasteiger partial charge is 0.456 e. The van der Waals surface area contributed by atoms with Crippen LogP contribution >= 0.6 is 7.82 Å². The molecule has 0 saturated heterocycles. The van der Waals surface area contributed by atoms with Crippen LogP contribution in [-0.4, -0.2) is 74.3 Å². The van der Waals surface area contributed by atoms with E-state index in [0.717, 1.165) is 128 Å². The third-order valence-electron chi connectivity index (χ3n) is 13.7. The number of quaternary nitrogens is 1. The number of carbonyl (C=O) groups is 2. The number of ether oxygens (including phenoxy) is 1. The zero-order valence-corrected chi connectivity index (χ0v) is 52.7. The molecular weight excluding hydrogens is 1000 g/mol. The van der Waals surface area contributed by atoms with Crippen LogP contribution in [0.1, 0.15) is 265 Å². The van der Waals surface area contributed by atoms with Crippen molar-refractivity contribution >= 4 is 19.7 Å². The van der Waals surface area contributed by atoms with E-state index in [1.54, 1.807) is 0 Å². The molecule has 0 aromatic carbocycles. The Balaban J connectivity index is 5.23. The zero-order chi connectivity index (χ0) is 57.9. The normalized spacial score (nSPS) is 14.4. The first kappa shape index (κ1) is 75.7. The number of allylic oxidation sites excluding steroid dienone is 17. The minimum absolute atomic E-state index is 0.0298. The van der Waals surface area contributed by atoms with Crippen molar-refractivity contribution in [2.45, 2.75) is 277 Å². The number of carbonyl (C=O) groups excluding carboxylic acids is 2. The monoisotopic (exact) mass is 1120 g/mol. The molecule has 0 bridgehead atoms. The summed E-state index contributed by atoms with van der Waals surface area (Å²) < 4.78 is 30.7. The molecule has 1 amide bonds. The van der Waals surface area contributed by atoms with Gasteiger partial charge in [0.05, 0.1) is 33.8 Å². The standard InChI is InChI=1S/C69H121N2O7P/c1-7-10-13-16-19-22-25-27-29-31-33-35-37-39-41-43-46-49-52-55-58-61-68(72)70-66(65-77-79(74,75)76-64-63-71(4,5)6)67(60-57-54-51-48-45-24-21-18-15-12-9-3)78-69(73)62-59-56-53-50-47-44-42-40-38-36-34-32-30-28-26-23-20-17-14-11-8-2/h11,14,19-20,22-23,27-30,33-36,40,42,57,60,66-67H,7-10,12-13,15-18,21,24-26,31-32,37-39,41,43-56,58-59,61-65H2,1-6H3,(H-,70,72,74,75)/p+1/b14-11-,22-19-,23-20-,29-27-,30-28-,35-33-,36-34-,42-40-,60-57+. The predicted octanol–water partition coefficient (Wildman–Crippen LogP) is 20.1. The summed E-state index contributed by atoms with van der Waals surface area (Å²) in [5.41, 5.74) is 0. The van der Waals surface area contributed by atoms with Crippen LogP contribution in [0.3, 0.4) is 0 Å². The SMILES string of the molecule is CC/C=C\C/C=C\C/C=C\C/C=C\C/C=C\CCCCCCCC(=O)OC(/C=C/CCCCCCCCCCC)C(COP(=O)(O)OCC[N+](C)(C)C)NC(=O)CCCCCCCCCC/C=C\C/C=C\C/C=C\CCCCC. The summed E-state index contributed by atoms with van der Waals surface area (Å²) in [6, 6.07) is -0.868. The Labute approximate surface area is 487 Å². The van der Waals surface area contributed by atoms with Crippen molar-refractivity contribution in [3.05, 3.63) is 109 Å². The van der Waals surface area contributed by atoms with Crippen molar-refractivity contribution in [1.29, 1.82) is 0 Å². The van der Waals surface area contributed by atoms with Gasteiger partial charge in [0, 0.05) is 12.8 Å². The summed E-state index contributed by atoms with van der Waals surface area (Å²) in [5, 5.41) is 3.05. The molecule has 0 radical (unpaired) electrons. The second kappa shape index (κ2) is 57.9. The van der Waals surface area contributed by atoms with E-state index in [1.165, 1.54) is 96.3 Å². The third-order valence-corrected chi connectivity index (χ3v) is 14.7. The van der Waals surface area contributed by atoms with Gasteiger partial charge in [-0.2, -0.15) is 0 Å². The number of esters is 1. The molecule has 0 aliphatic carbocycles. The molecule has 0 spiro atoms. The lowest BCUT2D eigenvalue weighted by atomic mass is 10.0. The maximum Gasteiger partial charge on any atom is 0.472 e. The van der Waals surface area contributed by atoms with E-state index >= 15 is 0 Å². The highest BCUT2D eigenvalue weighted by Gasteiger charge is 2.30. The third kappa shape index (κ3) is 59.1. The highest BCUT2D eigenvalue weighted by Crippen LogP contribution is 2.43. The Morgan fingerprint density at radius 3 is 1.24 bits per heavy atom. The van der Waals surface area contributed by atoms with Gasteiger partial charge in [-0.25, -0.2) is 4.57 Å². The second-order valence-corrected chi connectivity index (χ2v) is 24.0. The lowest BCUT2D eigenvalue weighted by molar-refractivity contribution is -0.870. The maximum absolute atomic E-state index is 13.6. The van der Waals surface area contributed by atoms with Crippen molar-refractivity contribution in [2.75, 3.05) is 40.9 Å². The number of likely N-dealkylation sites (N-methyl/N-ethyl adjacent to an activating group) is 1. The lowest BCUT2D eigenvalue weighted by Crippen LogP contribution is -2.47. The van der Waals surface area contributed by atoms with Gasteiger partial charge in [0.15, 0.2) is 0 Å². The summed E-state index contributed by atoms with van der Waals surface area (Å²) in [6.45, 7) is 6.84. The number of nitrogens with one attached hydrogen (secondary N) is 1. The molecule has 0 aromatic rings. The van der Waals surface area contributed by atoms with Gasteiger partial charge in [-0.15, -0.1) is 0 Å². The minimum Gasteiger partial charge on any atom is -0.456 e. The molecule has 10 heteroatoms. The first-order chi connectivity index (χ1) is 38.4. The van der Waals surface area contributed by atoms with Crippen molar-refractivity contribution in [3.8, 4) is 0 Å². The molecule has 0 fully saturated rings. The number of amides is 1. The molecule has 0 aliphatic heterocycles. The lowest BCUT2D eigenvalue weighted by Gasteiger charge is -2.27. The molecular formula is C69H122N2O7P+. The molecule has 79 heavy (non-hydrogen) atoms. The fourth-order valence-electron chi connectivity index (χ4n) is 8.74. The van der Waals surface area contributed by atoms with E-state index in [0.29, 0.717) is 23.9 Å². The van der Waals surface area contributed by atoms with Gasteiger partial charge in [0.1, 0.15) is 19.3 Å². The highest BCUT2D eigenvalue weighted by molar-refractivity contribution is 7.47. The van der Waals surface area contributed by atoms with Crippen molar-refractivity contribution in [1.82, 2.24) is 5.32 Å². The summed E-state index contributed by atoms with van der Waals surface area (Å²) in [6.07, 6.45) is 79.4. The number of phosphoric ester groups is 1. The number of hydrogen-bond acceptors (Lipinski definition) is 6. The Kier molecular flexibility index (Phi) is 55.4. The molecule has 9 nitrogen and oxygen atoms in total. The van der Waals surface area contributed by atoms with Crippen LogP contribution in [0.2, 0.25) is 0 Å². The van der Waals surface area contributed by atoms with Crippen LogP contribution in [0.15, 0.2) is 109 Å². The highest BCUT2D eigenvalue weighted by atomic mass is 31.2. The summed E-state index contributed by atoms with van der Waals surface area (Å²) in [4.78, 5) is 37.8. The van der Waals surface area contributed by atoms with Crippen LogP contribution < -0.4 is 5.32 Å². The van der Waals surface area contributed by atoms with Crippen molar-refractivity contribution in [3.63, 3.8) is 0 Å². The Morgan fingerprint density at radius 2 is 0.810 bits per heavy atom. The topological polar surface area (TPSA) is 111 Å². The number of hydrogen-bond donors (Lipinski definition) is 2. The van der Waals surface area contributed by atoms with Crippen LogP contribution in [0, 0.1) is 0 Å². The molecule has 3 atom stereocenters. The fraction of sp³-hybridized carbons (Fsp3) is 0.710. The quantitative estimate of drug-likeness (QED) is 0.0205. The average molecular weight is 1120 g/mol. The van der Waals surface area contributed by atoms with Crippen LogP contribution in [0.25, 0.3) is 0 Å². The molecule has 454 valence electrons. The number of nitrogens with zero attached hydrogens (tertiary/aromatic N) is 1. The van der Waals surface area contributed by atoms with Gasteiger partial charge in [-0.05, 0) is 115 Å². The summed E-state index contributed by atoms with van der Waals surface area (Å²) in [5.74, 6) is -0.540. The summed E-state index contributed by atoms with van der Waals surface area (Å²) in [7, 11) is 1.47. The van der Waals surface area contributed by atoms with Gasteiger partial charge in [0.25, 0.3) is 0 Å². The van der Waals surface area contributed by atoms with E-state index in [9.17, 15) is 19.0 Å². The maximum atomic E-state index is 13.6. The van der Waals surface area contributed by atoms with E-state index in [1.807, 2.05) is 33.3 Å². The number of rotatable bonds is 57. The molecule has 0 aliphatic rings.